The third kappa shape index (κ3) is 2.79. The van der Waals surface area contributed by atoms with E-state index in [2.05, 4.69) is 4.98 Å². The van der Waals surface area contributed by atoms with E-state index in [-0.39, 0.29) is 17.4 Å². The fourth-order valence-corrected chi connectivity index (χ4v) is 4.47. The molecule has 4 heterocycles. The largest absolute Gasteiger partial charge is 0.347 e. The van der Waals surface area contributed by atoms with E-state index in [1.807, 2.05) is 4.90 Å². The van der Waals surface area contributed by atoms with Crippen LogP contribution in [-0.2, 0) is 20.8 Å². The van der Waals surface area contributed by atoms with Crippen molar-refractivity contribution in [3.63, 3.8) is 0 Å². The summed E-state index contributed by atoms with van der Waals surface area (Å²) in [5.41, 5.74) is -0.0923. The number of thioether (sulfide) groups is 1. The summed E-state index contributed by atoms with van der Waals surface area (Å²) in [6.45, 7) is 2.99. The minimum absolute atomic E-state index is 0.0923. The van der Waals surface area contributed by atoms with Crippen molar-refractivity contribution in [2.75, 3.05) is 32.1 Å². The Balaban J connectivity index is 1.42. The minimum Gasteiger partial charge on any atom is -0.347 e. The molecule has 1 aromatic rings. The number of amides is 1. The Kier molecular flexibility index (Phi) is 3.90. The van der Waals surface area contributed by atoms with Gasteiger partial charge in [0.1, 0.15) is 0 Å². The topological polar surface area (TPSA) is 73.7 Å². The van der Waals surface area contributed by atoms with Gasteiger partial charge in [-0.05, 0) is 0 Å². The van der Waals surface area contributed by atoms with Crippen LogP contribution in [0.1, 0.15) is 12.8 Å². The maximum Gasteiger partial charge on any atom is 0.254 e. The highest BCUT2D eigenvalue weighted by molar-refractivity contribution is 7.99. The number of piperidine rings is 1. The third-order valence-corrected chi connectivity index (χ3v) is 5.87. The highest BCUT2D eigenvalue weighted by atomic mass is 32.2. The Morgan fingerprint density at radius 3 is 2.78 bits per heavy atom. The summed E-state index contributed by atoms with van der Waals surface area (Å²) >= 11 is 1.48. The van der Waals surface area contributed by atoms with Gasteiger partial charge in [-0.15, -0.1) is 0 Å². The van der Waals surface area contributed by atoms with E-state index in [0.29, 0.717) is 43.8 Å². The molecule has 2 saturated heterocycles. The Morgan fingerprint density at radius 1 is 1.30 bits per heavy atom. The molecule has 1 aromatic heterocycles. The summed E-state index contributed by atoms with van der Waals surface area (Å²) < 4.78 is 13.0. The molecule has 23 heavy (non-hydrogen) atoms. The van der Waals surface area contributed by atoms with Crippen LogP contribution in [0.15, 0.2) is 22.2 Å². The first-order chi connectivity index (χ1) is 11.2. The Morgan fingerprint density at radius 2 is 2.04 bits per heavy atom. The summed E-state index contributed by atoms with van der Waals surface area (Å²) in [7, 11) is 0. The molecule has 0 aliphatic carbocycles. The maximum absolute atomic E-state index is 12.8. The van der Waals surface area contributed by atoms with Gasteiger partial charge in [-0.25, -0.2) is 4.98 Å². The van der Waals surface area contributed by atoms with Crippen molar-refractivity contribution in [3.05, 3.63) is 22.6 Å². The summed E-state index contributed by atoms with van der Waals surface area (Å²) in [5, 5.41) is 0.701. The number of hydrogen-bond donors (Lipinski definition) is 0. The first kappa shape index (κ1) is 15.2. The van der Waals surface area contributed by atoms with Gasteiger partial charge in [0.2, 0.25) is 5.91 Å². The van der Waals surface area contributed by atoms with E-state index in [4.69, 9.17) is 9.47 Å². The molecule has 0 N–H and O–H groups in total. The van der Waals surface area contributed by atoms with Gasteiger partial charge in [-0.2, -0.15) is 0 Å². The van der Waals surface area contributed by atoms with Crippen molar-refractivity contribution in [3.8, 4) is 0 Å². The van der Waals surface area contributed by atoms with Gasteiger partial charge < -0.3 is 14.4 Å². The van der Waals surface area contributed by atoms with Gasteiger partial charge in [-0.1, -0.05) is 11.8 Å². The molecule has 0 unspecified atom stereocenters. The number of ether oxygens (including phenoxy) is 2. The lowest BCUT2D eigenvalue weighted by molar-refractivity contribution is -0.188. The molecular weight excluding hydrogens is 318 g/mol. The van der Waals surface area contributed by atoms with Crippen LogP contribution in [0.2, 0.25) is 0 Å². The van der Waals surface area contributed by atoms with Crippen molar-refractivity contribution in [2.45, 2.75) is 30.3 Å². The molecular formula is C15H19N3O4S. The second-order valence-electron chi connectivity index (χ2n) is 6.12. The molecule has 1 atom stereocenters. The van der Waals surface area contributed by atoms with Gasteiger partial charge in [-0.3, -0.25) is 14.2 Å². The van der Waals surface area contributed by atoms with E-state index in [1.54, 1.807) is 4.57 Å². The van der Waals surface area contributed by atoms with Crippen LogP contribution in [0.4, 0.5) is 0 Å². The van der Waals surface area contributed by atoms with Crippen LogP contribution < -0.4 is 5.56 Å². The van der Waals surface area contributed by atoms with Crippen molar-refractivity contribution >= 4 is 17.7 Å². The van der Waals surface area contributed by atoms with Crippen molar-refractivity contribution < 1.29 is 14.3 Å². The van der Waals surface area contributed by atoms with Crippen LogP contribution in [-0.4, -0.2) is 58.2 Å². The van der Waals surface area contributed by atoms with Crippen molar-refractivity contribution in [1.82, 2.24) is 14.5 Å². The number of likely N-dealkylation sites (tertiary alicyclic amines) is 1. The fourth-order valence-electron chi connectivity index (χ4n) is 3.41. The molecule has 0 bridgehead atoms. The summed E-state index contributed by atoms with van der Waals surface area (Å²) in [6, 6.07) is 1.44. The van der Waals surface area contributed by atoms with Gasteiger partial charge in [0, 0.05) is 50.5 Å². The number of aromatic nitrogens is 2. The van der Waals surface area contributed by atoms with Gasteiger partial charge in [0.05, 0.1) is 19.1 Å². The predicted molar refractivity (Wildman–Crippen MR) is 83.2 cm³/mol. The first-order valence-electron chi connectivity index (χ1n) is 7.92. The third-order valence-electron chi connectivity index (χ3n) is 4.72. The van der Waals surface area contributed by atoms with E-state index in [0.717, 1.165) is 12.8 Å². The Labute approximate surface area is 138 Å². The molecule has 3 aliphatic heterocycles. The minimum atomic E-state index is -0.467. The molecule has 7 nitrogen and oxygen atoms in total. The number of carbonyl (C=O) groups excluding carboxylic acids is 1. The normalized spacial score (nSPS) is 26.3. The number of carbonyl (C=O) groups is 1. The highest BCUT2D eigenvalue weighted by Crippen LogP contribution is 2.33. The number of hydrogen-bond acceptors (Lipinski definition) is 6. The molecule has 3 aliphatic rings. The molecule has 0 aromatic carbocycles. The zero-order valence-electron chi connectivity index (χ0n) is 12.8. The SMILES string of the molecule is O=C([C@H]1CSc2nccc(=O)n2C1)N1CCC2(CC1)OCCO2. The summed E-state index contributed by atoms with van der Waals surface area (Å²) in [5.74, 6) is 0.149. The van der Waals surface area contributed by atoms with Crippen LogP contribution in [0.25, 0.3) is 0 Å². The van der Waals surface area contributed by atoms with Crippen LogP contribution in [0, 0.1) is 5.92 Å². The standard InChI is InChI=1S/C15H19N3O4S/c19-12-1-4-16-14-18(12)9-11(10-23-14)13(20)17-5-2-15(3-6-17)21-7-8-22-15/h1,4,11H,2-3,5-10H2/t11-/m1/s1. The van der Waals surface area contributed by atoms with Crippen molar-refractivity contribution in [2.24, 2.45) is 5.92 Å². The molecule has 2 fully saturated rings. The van der Waals surface area contributed by atoms with E-state index >= 15 is 0 Å². The zero-order valence-corrected chi connectivity index (χ0v) is 13.6. The maximum atomic E-state index is 12.8. The zero-order chi connectivity index (χ0) is 15.9. The van der Waals surface area contributed by atoms with Crippen LogP contribution >= 0.6 is 11.8 Å². The second kappa shape index (κ2) is 5.92. The predicted octanol–water partition coefficient (Wildman–Crippen LogP) is 0.331. The van der Waals surface area contributed by atoms with E-state index in [1.165, 1.54) is 24.0 Å². The number of nitrogens with zero attached hydrogens (tertiary/aromatic N) is 3. The summed E-state index contributed by atoms with van der Waals surface area (Å²) in [6.07, 6.45) is 2.96. The number of fused-ring (bicyclic) bond motifs is 1. The van der Waals surface area contributed by atoms with Gasteiger partial charge >= 0.3 is 0 Å². The Bertz CT molecular complexity index is 661. The van der Waals surface area contributed by atoms with Crippen LogP contribution in [0.3, 0.4) is 0 Å². The van der Waals surface area contributed by atoms with Gasteiger partial charge in [0.15, 0.2) is 10.9 Å². The second-order valence-corrected chi connectivity index (χ2v) is 7.10. The average molecular weight is 337 g/mol. The quantitative estimate of drug-likeness (QED) is 0.688. The molecule has 124 valence electrons. The molecule has 1 amide bonds. The monoisotopic (exact) mass is 337 g/mol. The summed E-state index contributed by atoms with van der Waals surface area (Å²) in [4.78, 5) is 30.8. The molecule has 1 spiro atoms. The fraction of sp³-hybridized carbons (Fsp3) is 0.667. The van der Waals surface area contributed by atoms with Crippen molar-refractivity contribution in [1.29, 1.82) is 0 Å². The lowest BCUT2D eigenvalue weighted by Crippen LogP contribution is -2.50. The molecule has 0 saturated carbocycles. The number of rotatable bonds is 1. The molecule has 0 radical (unpaired) electrons. The average Bonchev–Trinajstić information content (AvgIpc) is 3.03. The van der Waals surface area contributed by atoms with Gasteiger partial charge in [0.25, 0.3) is 5.56 Å². The highest BCUT2D eigenvalue weighted by Gasteiger charge is 2.42. The molecule has 8 heteroatoms. The lowest BCUT2D eigenvalue weighted by Gasteiger charge is -2.39. The first-order valence-corrected chi connectivity index (χ1v) is 8.91. The van der Waals surface area contributed by atoms with E-state index < -0.39 is 5.79 Å². The Hall–Kier alpha value is -1.38. The molecule has 4 rings (SSSR count). The van der Waals surface area contributed by atoms with Crippen LogP contribution in [0.5, 0.6) is 0 Å². The lowest BCUT2D eigenvalue weighted by atomic mass is 10.0. The smallest absolute Gasteiger partial charge is 0.254 e. The van der Waals surface area contributed by atoms with E-state index in [9.17, 15) is 9.59 Å².